The molecule has 0 bridgehead atoms. The Bertz CT molecular complexity index is 617. The van der Waals surface area contributed by atoms with E-state index in [1.54, 1.807) is 18.2 Å². The number of nitrogens with zero attached hydrogens (tertiary/aromatic N) is 1. The van der Waals surface area contributed by atoms with Gasteiger partial charge in [0, 0.05) is 21.7 Å². The fourth-order valence-electron chi connectivity index (χ4n) is 1.53. The van der Waals surface area contributed by atoms with E-state index in [9.17, 15) is 10.1 Å². The molecule has 2 rings (SSSR count). The molecule has 4 nitrogen and oxygen atoms in total. The molecule has 2 aromatic rings. The Morgan fingerprint density at radius 2 is 1.89 bits per heavy atom. The third-order valence-electron chi connectivity index (χ3n) is 2.46. The number of ether oxygens (including phenoxy) is 1. The first-order valence-corrected chi connectivity index (χ1v) is 6.13. The summed E-state index contributed by atoms with van der Waals surface area (Å²) in [5, 5.41) is 11.7. The minimum Gasteiger partial charge on any atom is -0.482 e. The lowest BCUT2D eigenvalue weighted by Crippen LogP contribution is -1.99. The van der Waals surface area contributed by atoms with E-state index in [4.69, 9.17) is 27.9 Å². The number of halogens is 2. The number of benzene rings is 2. The van der Waals surface area contributed by atoms with E-state index < -0.39 is 4.92 Å². The van der Waals surface area contributed by atoms with Crippen molar-refractivity contribution in [3.63, 3.8) is 0 Å². The first-order valence-electron chi connectivity index (χ1n) is 5.38. The number of nitro groups is 1. The van der Waals surface area contributed by atoms with Crippen LogP contribution < -0.4 is 4.74 Å². The Balaban J connectivity index is 2.20. The zero-order chi connectivity index (χ0) is 13.8. The van der Waals surface area contributed by atoms with Crippen LogP contribution in [0, 0.1) is 10.1 Å². The molecule has 0 aliphatic carbocycles. The van der Waals surface area contributed by atoms with Gasteiger partial charge in [0.2, 0.25) is 0 Å². The Morgan fingerprint density at radius 3 is 2.58 bits per heavy atom. The summed E-state index contributed by atoms with van der Waals surface area (Å²) in [6.07, 6.45) is 0. The van der Waals surface area contributed by atoms with Crippen molar-refractivity contribution in [3.05, 3.63) is 68.2 Å². The quantitative estimate of drug-likeness (QED) is 0.617. The van der Waals surface area contributed by atoms with Crippen molar-refractivity contribution in [2.24, 2.45) is 0 Å². The lowest BCUT2D eigenvalue weighted by molar-refractivity contribution is -0.385. The fraction of sp³-hybridized carbons (Fsp3) is 0.0769. The Kier molecular flexibility index (Phi) is 4.24. The standard InChI is InChI=1S/C13H9Cl2NO3/c14-10-5-6-13(12(7-10)16(17)18)19-8-9-3-1-2-4-11(9)15/h1-7H,8H2. The zero-order valence-electron chi connectivity index (χ0n) is 9.68. The maximum Gasteiger partial charge on any atom is 0.312 e. The van der Waals surface area contributed by atoms with Crippen LogP contribution in [0.4, 0.5) is 5.69 Å². The van der Waals surface area contributed by atoms with Gasteiger partial charge in [0.25, 0.3) is 0 Å². The maximum atomic E-state index is 10.9. The lowest BCUT2D eigenvalue weighted by Gasteiger charge is -2.08. The van der Waals surface area contributed by atoms with Gasteiger partial charge >= 0.3 is 5.69 Å². The molecule has 0 aliphatic heterocycles. The van der Waals surface area contributed by atoms with Crippen LogP contribution in [0.15, 0.2) is 42.5 Å². The molecule has 0 amide bonds. The third kappa shape index (κ3) is 3.36. The van der Waals surface area contributed by atoms with Crippen LogP contribution in [0.1, 0.15) is 5.56 Å². The smallest absolute Gasteiger partial charge is 0.312 e. The van der Waals surface area contributed by atoms with Gasteiger partial charge in [0.15, 0.2) is 5.75 Å². The van der Waals surface area contributed by atoms with Crippen LogP contribution in [0.2, 0.25) is 10.0 Å². The number of nitro benzene ring substituents is 1. The van der Waals surface area contributed by atoms with E-state index in [2.05, 4.69) is 0 Å². The summed E-state index contributed by atoms with van der Waals surface area (Å²) in [6, 6.07) is 11.4. The van der Waals surface area contributed by atoms with Crippen molar-refractivity contribution >= 4 is 28.9 Å². The van der Waals surface area contributed by atoms with Crippen molar-refractivity contribution < 1.29 is 9.66 Å². The van der Waals surface area contributed by atoms with Gasteiger partial charge in [0.1, 0.15) is 6.61 Å². The topological polar surface area (TPSA) is 52.4 Å². The second-order valence-corrected chi connectivity index (χ2v) is 4.59. The summed E-state index contributed by atoms with van der Waals surface area (Å²) in [6.45, 7) is 0.155. The number of hydrogen-bond acceptors (Lipinski definition) is 3. The van der Waals surface area contributed by atoms with Crippen molar-refractivity contribution in [2.75, 3.05) is 0 Å². The van der Waals surface area contributed by atoms with E-state index in [1.165, 1.54) is 18.2 Å². The van der Waals surface area contributed by atoms with Gasteiger partial charge in [-0.15, -0.1) is 0 Å². The summed E-state index contributed by atoms with van der Waals surface area (Å²) < 4.78 is 5.44. The first-order chi connectivity index (χ1) is 9.08. The molecule has 0 atom stereocenters. The lowest BCUT2D eigenvalue weighted by atomic mass is 10.2. The highest BCUT2D eigenvalue weighted by Gasteiger charge is 2.16. The van der Waals surface area contributed by atoms with Gasteiger partial charge in [-0.05, 0) is 18.2 Å². The molecule has 0 N–H and O–H groups in total. The first kappa shape index (κ1) is 13.6. The van der Waals surface area contributed by atoms with Gasteiger partial charge in [-0.1, -0.05) is 41.4 Å². The van der Waals surface area contributed by atoms with Crippen LogP contribution >= 0.6 is 23.2 Å². The summed E-state index contributed by atoms with van der Waals surface area (Å²) >= 11 is 11.7. The monoisotopic (exact) mass is 297 g/mol. The maximum absolute atomic E-state index is 10.9. The van der Waals surface area contributed by atoms with E-state index in [1.807, 2.05) is 6.07 Å². The highest BCUT2D eigenvalue weighted by molar-refractivity contribution is 6.31. The SMILES string of the molecule is O=[N+]([O-])c1cc(Cl)ccc1OCc1ccccc1Cl. The molecule has 0 saturated carbocycles. The van der Waals surface area contributed by atoms with Crippen LogP contribution in [-0.2, 0) is 6.61 Å². The second-order valence-electron chi connectivity index (χ2n) is 3.75. The van der Waals surface area contributed by atoms with Gasteiger partial charge < -0.3 is 4.74 Å². The molecule has 0 aliphatic rings. The third-order valence-corrected chi connectivity index (χ3v) is 3.06. The van der Waals surface area contributed by atoms with Crippen molar-refractivity contribution in [1.82, 2.24) is 0 Å². The van der Waals surface area contributed by atoms with E-state index in [-0.39, 0.29) is 23.1 Å². The summed E-state index contributed by atoms with van der Waals surface area (Å²) in [4.78, 5) is 10.4. The molecule has 6 heteroatoms. The van der Waals surface area contributed by atoms with Crippen LogP contribution in [0.25, 0.3) is 0 Å². The molecule has 0 unspecified atom stereocenters. The molecule has 0 heterocycles. The molecular formula is C13H9Cl2NO3. The molecule has 19 heavy (non-hydrogen) atoms. The minimum absolute atomic E-state index is 0.155. The highest BCUT2D eigenvalue weighted by Crippen LogP contribution is 2.31. The molecule has 0 fully saturated rings. The molecular weight excluding hydrogens is 289 g/mol. The molecule has 0 radical (unpaired) electrons. The minimum atomic E-state index is -0.534. The molecule has 0 saturated heterocycles. The summed E-state index contributed by atoms with van der Waals surface area (Å²) in [7, 11) is 0. The van der Waals surface area contributed by atoms with Gasteiger partial charge in [0.05, 0.1) is 4.92 Å². The Labute approximate surface area is 119 Å². The average Bonchev–Trinajstić information content (AvgIpc) is 2.38. The summed E-state index contributed by atoms with van der Waals surface area (Å²) in [5.74, 6) is 0.161. The molecule has 0 aromatic heterocycles. The van der Waals surface area contributed by atoms with Crippen LogP contribution in [0.5, 0.6) is 5.75 Å². The van der Waals surface area contributed by atoms with Crippen molar-refractivity contribution in [1.29, 1.82) is 0 Å². The Morgan fingerprint density at radius 1 is 1.16 bits per heavy atom. The van der Waals surface area contributed by atoms with Gasteiger partial charge in [-0.25, -0.2) is 0 Å². The molecule has 98 valence electrons. The number of rotatable bonds is 4. The molecule has 0 spiro atoms. The van der Waals surface area contributed by atoms with Crippen LogP contribution in [0.3, 0.4) is 0 Å². The second kappa shape index (κ2) is 5.91. The Hall–Kier alpha value is -1.78. The molecule has 2 aromatic carbocycles. The number of hydrogen-bond donors (Lipinski definition) is 0. The van der Waals surface area contributed by atoms with E-state index in [0.29, 0.717) is 5.02 Å². The van der Waals surface area contributed by atoms with Crippen molar-refractivity contribution in [3.8, 4) is 5.75 Å². The van der Waals surface area contributed by atoms with Crippen molar-refractivity contribution in [2.45, 2.75) is 6.61 Å². The van der Waals surface area contributed by atoms with Gasteiger partial charge in [-0.2, -0.15) is 0 Å². The van der Waals surface area contributed by atoms with E-state index in [0.717, 1.165) is 5.56 Å². The average molecular weight is 298 g/mol. The van der Waals surface area contributed by atoms with Gasteiger partial charge in [-0.3, -0.25) is 10.1 Å². The van der Waals surface area contributed by atoms with E-state index >= 15 is 0 Å². The predicted octanol–water partition coefficient (Wildman–Crippen LogP) is 4.48. The highest BCUT2D eigenvalue weighted by atomic mass is 35.5. The normalized spacial score (nSPS) is 10.2. The zero-order valence-corrected chi connectivity index (χ0v) is 11.2. The van der Waals surface area contributed by atoms with Crippen LogP contribution in [-0.4, -0.2) is 4.92 Å². The predicted molar refractivity (Wildman–Crippen MR) is 73.9 cm³/mol. The largest absolute Gasteiger partial charge is 0.482 e. The summed E-state index contributed by atoms with van der Waals surface area (Å²) in [5.41, 5.74) is 0.591. The fourth-order valence-corrected chi connectivity index (χ4v) is 1.88.